The van der Waals surface area contributed by atoms with Gasteiger partial charge in [0.1, 0.15) is 0 Å². The number of sulfonamides is 1. The van der Waals surface area contributed by atoms with Crippen molar-refractivity contribution in [1.82, 2.24) is 9.71 Å². The Bertz CT molecular complexity index is 738. The van der Waals surface area contributed by atoms with Crippen LogP contribution in [0.15, 0.2) is 29.2 Å². The Labute approximate surface area is 129 Å². The zero-order valence-electron chi connectivity index (χ0n) is 12.3. The number of nitrogens with two attached hydrogens (primary N) is 1. The lowest BCUT2D eigenvalue weighted by Gasteiger charge is -2.14. The van der Waals surface area contributed by atoms with Crippen molar-refractivity contribution in [2.75, 3.05) is 0 Å². The topological polar surface area (TPSA) is 85.1 Å². The van der Waals surface area contributed by atoms with E-state index in [1.54, 1.807) is 24.3 Å². The van der Waals surface area contributed by atoms with Crippen molar-refractivity contribution in [3.05, 3.63) is 45.4 Å². The third-order valence-corrected chi connectivity index (χ3v) is 5.90. The average molecular weight is 325 g/mol. The molecule has 0 amide bonds. The molecule has 0 bridgehead atoms. The Morgan fingerprint density at radius 2 is 2.10 bits per heavy atom. The summed E-state index contributed by atoms with van der Waals surface area (Å²) in [5.41, 5.74) is 7.21. The molecule has 1 atom stereocenters. The molecule has 1 aromatic carbocycles. The summed E-state index contributed by atoms with van der Waals surface area (Å²) < 4.78 is 27.6. The zero-order chi connectivity index (χ0) is 15.6. The molecule has 0 aliphatic heterocycles. The first kappa shape index (κ1) is 16.1. The van der Waals surface area contributed by atoms with Gasteiger partial charge in [0.05, 0.1) is 21.6 Å². The fourth-order valence-electron chi connectivity index (χ4n) is 2.14. The highest BCUT2D eigenvalue weighted by atomic mass is 32.2. The first-order valence-electron chi connectivity index (χ1n) is 6.58. The lowest BCUT2D eigenvalue weighted by molar-refractivity contribution is 0.568. The van der Waals surface area contributed by atoms with Crippen LogP contribution in [-0.4, -0.2) is 13.4 Å². The molecule has 0 fully saturated rings. The van der Waals surface area contributed by atoms with Gasteiger partial charge in [-0.1, -0.05) is 12.1 Å². The van der Waals surface area contributed by atoms with Crippen LogP contribution in [0, 0.1) is 13.8 Å². The summed E-state index contributed by atoms with van der Waals surface area (Å²) in [4.78, 5) is 5.50. The molecule has 0 saturated carbocycles. The second kappa shape index (κ2) is 6.23. The summed E-state index contributed by atoms with van der Waals surface area (Å²) >= 11 is 1.51. The highest BCUT2D eigenvalue weighted by molar-refractivity contribution is 7.89. The Morgan fingerprint density at radius 3 is 2.67 bits per heavy atom. The SMILES string of the molecule is Cc1nc(C)c(C(C)NS(=O)(=O)c2cccc(CN)c2)s1. The largest absolute Gasteiger partial charge is 0.326 e. The van der Waals surface area contributed by atoms with E-state index in [9.17, 15) is 8.42 Å². The van der Waals surface area contributed by atoms with Gasteiger partial charge in [-0.3, -0.25) is 0 Å². The monoisotopic (exact) mass is 325 g/mol. The lowest BCUT2D eigenvalue weighted by Crippen LogP contribution is -2.27. The van der Waals surface area contributed by atoms with Crippen LogP contribution in [0.2, 0.25) is 0 Å². The lowest BCUT2D eigenvalue weighted by atomic mass is 10.2. The average Bonchev–Trinajstić information content (AvgIpc) is 2.77. The van der Waals surface area contributed by atoms with E-state index < -0.39 is 10.0 Å². The number of hydrogen-bond acceptors (Lipinski definition) is 5. The Kier molecular flexibility index (Phi) is 4.77. The van der Waals surface area contributed by atoms with E-state index in [1.165, 1.54) is 11.3 Å². The number of aryl methyl sites for hydroxylation is 2. The number of aromatic nitrogens is 1. The van der Waals surface area contributed by atoms with E-state index in [-0.39, 0.29) is 10.9 Å². The molecule has 114 valence electrons. The van der Waals surface area contributed by atoms with Crippen molar-refractivity contribution in [3.8, 4) is 0 Å². The molecule has 0 aliphatic carbocycles. The second-order valence-corrected chi connectivity index (χ2v) is 7.83. The Morgan fingerprint density at radius 1 is 1.38 bits per heavy atom. The minimum Gasteiger partial charge on any atom is -0.326 e. The van der Waals surface area contributed by atoms with Crippen LogP contribution in [0.4, 0.5) is 0 Å². The summed E-state index contributed by atoms with van der Waals surface area (Å²) in [7, 11) is -3.57. The second-order valence-electron chi connectivity index (χ2n) is 4.88. The van der Waals surface area contributed by atoms with Crippen LogP contribution in [0.3, 0.4) is 0 Å². The molecule has 1 heterocycles. The number of nitrogens with zero attached hydrogens (tertiary/aromatic N) is 1. The number of rotatable bonds is 5. The Hall–Kier alpha value is -1.28. The van der Waals surface area contributed by atoms with Crippen LogP contribution < -0.4 is 10.5 Å². The van der Waals surface area contributed by atoms with E-state index in [4.69, 9.17) is 5.73 Å². The van der Waals surface area contributed by atoms with Crippen molar-refractivity contribution in [2.45, 2.75) is 38.3 Å². The van der Waals surface area contributed by atoms with Crippen molar-refractivity contribution in [2.24, 2.45) is 5.73 Å². The standard InChI is InChI=1S/C14H19N3O2S2/c1-9-14(20-11(3)16-9)10(2)17-21(18,19)13-6-4-5-12(7-13)8-15/h4-7,10,17H,8,15H2,1-3H3. The summed E-state index contributed by atoms with van der Waals surface area (Å²) in [5.74, 6) is 0. The van der Waals surface area contributed by atoms with Crippen molar-refractivity contribution in [1.29, 1.82) is 0 Å². The fourth-order valence-corrected chi connectivity index (χ4v) is 4.43. The van der Waals surface area contributed by atoms with E-state index >= 15 is 0 Å². The Balaban J connectivity index is 2.26. The van der Waals surface area contributed by atoms with Gasteiger partial charge in [-0.15, -0.1) is 11.3 Å². The smallest absolute Gasteiger partial charge is 0.241 e. The maximum Gasteiger partial charge on any atom is 0.241 e. The highest BCUT2D eigenvalue weighted by Gasteiger charge is 2.21. The van der Waals surface area contributed by atoms with Crippen molar-refractivity contribution < 1.29 is 8.42 Å². The summed E-state index contributed by atoms with van der Waals surface area (Å²) in [5, 5.41) is 0.929. The van der Waals surface area contributed by atoms with Crippen LogP contribution in [-0.2, 0) is 16.6 Å². The zero-order valence-corrected chi connectivity index (χ0v) is 13.9. The summed E-state index contributed by atoms with van der Waals surface area (Å²) in [6, 6.07) is 6.35. The first-order chi connectivity index (χ1) is 9.83. The van der Waals surface area contributed by atoms with Crippen molar-refractivity contribution >= 4 is 21.4 Å². The van der Waals surface area contributed by atoms with Gasteiger partial charge in [0, 0.05) is 11.4 Å². The van der Waals surface area contributed by atoms with Gasteiger partial charge in [-0.05, 0) is 38.5 Å². The van der Waals surface area contributed by atoms with Gasteiger partial charge in [0.25, 0.3) is 0 Å². The van der Waals surface area contributed by atoms with Gasteiger partial charge in [-0.25, -0.2) is 18.1 Å². The third kappa shape index (κ3) is 3.68. The summed E-state index contributed by atoms with van der Waals surface area (Å²) in [6.07, 6.45) is 0. The molecule has 0 saturated heterocycles. The van der Waals surface area contributed by atoms with Crippen LogP contribution >= 0.6 is 11.3 Å². The molecule has 0 spiro atoms. The quantitative estimate of drug-likeness (QED) is 0.883. The molecular weight excluding hydrogens is 306 g/mol. The molecule has 3 N–H and O–H groups in total. The maximum atomic E-state index is 12.4. The molecule has 21 heavy (non-hydrogen) atoms. The molecule has 0 aliphatic rings. The molecule has 2 rings (SSSR count). The number of hydrogen-bond donors (Lipinski definition) is 2. The predicted octanol–water partition coefficient (Wildman–Crippen LogP) is 2.26. The minimum atomic E-state index is -3.57. The van der Waals surface area contributed by atoms with Gasteiger partial charge in [-0.2, -0.15) is 0 Å². The van der Waals surface area contributed by atoms with Crippen molar-refractivity contribution in [3.63, 3.8) is 0 Å². The summed E-state index contributed by atoms with van der Waals surface area (Å²) in [6.45, 7) is 5.93. The molecule has 0 radical (unpaired) electrons. The predicted molar refractivity (Wildman–Crippen MR) is 84.7 cm³/mol. The highest BCUT2D eigenvalue weighted by Crippen LogP contribution is 2.26. The fraction of sp³-hybridized carbons (Fsp3) is 0.357. The molecular formula is C14H19N3O2S2. The van der Waals surface area contributed by atoms with Gasteiger partial charge in [0.2, 0.25) is 10.0 Å². The number of nitrogens with one attached hydrogen (secondary N) is 1. The minimum absolute atomic E-state index is 0.233. The normalized spacial score (nSPS) is 13.3. The maximum absolute atomic E-state index is 12.4. The van der Waals surface area contributed by atoms with Crippen LogP contribution in [0.5, 0.6) is 0 Å². The van der Waals surface area contributed by atoms with Crippen LogP contribution in [0.25, 0.3) is 0 Å². The van der Waals surface area contributed by atoms with Gasteiger partial charge in [0.15, 0.2) is 0 Å². The van der Waals surface area contributed by atoms with E-state index in [2.05, 4.69) is 9.71 Å². The van der Waals surface area contributed by atoms with Gasteiger partial charge < -0.3 is 5.73 Å². The molecule has 1 unspecified atom stereocenters. The van der Waals surface area contributed by atoms with E-state index in [0.29, 0.717) is 6.54 Å². The number of thiazole rings is 1. The third-order valence-electron chi connectivity index (χ3n) is 3.11. The molecule has 5 nitrogen and oxygen atoms in total. The van der Waals surface area contributed by atoms with E-state index in [0.717, 1.165) is 21.1 Å². The first-order valence-corrected chi connectivity index (χ1v) is 8.88. The molecule has 1 aromatic heterocycles. The number of benzene rings is 1. The van der Waals surface area contributed by atoms with E-state index in [1.807, 2.05) is 20.8 Å². The van der Waals surface area contributed by atoms with Crippen LogP contribution in [0.1, 0.15) is 34.1 Å². The molecule has 7 heteroatoms. The van der Waals surface area contributed by atoms with Gasteiger partial charge >= 0.3 is 0 Å². The molecule has 2 aromatic rings.